The van der Waals surface area contributed by atoms with Crippen LogP contribution in [0.25, 0.3) is 22.3 Å². The van der Waals surface area contributed by atoms with E-state index >= 15 is 0 Å². The van der Waals surface area contributed by atoms with Gasteiger partial charge in [0.1, 0.15) is 23.0 Å². The third-order valence-corrected chi connectivity index (χ3v) is 10.7. The van der Waals surface area contributed by atoms with Gasteiger partial charge in [-0.1, -0.05) is 86.0 Å². The van der Waals surface area contributed by atoms with Gasteiger partial charge in [0.05, 0.1) is 0 Å². The molecule has 0 amide bonds. The van der Waals surface area contributed by atoms with E-state index in [-0.39, 0.29) is 0 Å². The first-order chi connectivity index (χ1) is 21.6. The maximum atomic E-state index is 6.52. The summed E-state index contributed by atoms with van der Waals surface area (Å²) < 4.78 is 35.3. The number of benzene rings is 5. The predicted octanol–water partition coefficient (Wildman–Crippen LogP) is 11.0. The summed E-state index contributed by atoms with van der Waals surface area (Å²) in [6.07, 6.45) is 2.91. The quantitative estimate of drug-likeness (QED) is 0.184. The smallest absolute Gasteiger partial charge is 0.414 e. The van der Waals surface area contributed by atoms with Crippen LogP contribution in [-0.4, -0.2) is 0 Å². The van der Waals surface area contributed by atoms with Gasteiger partial charge in [0.2, 0.25) is 0 Å². The van der Waals surface area contributed by atoms with Crippen LogP contribution in [-0.2, 0) is 0 Å². The third kappa shape index (κ3) is 5.26. The number of rotatable bonds is 6. The van der Waals surface area contributed by atoms with Gasteiger partial charge in [-0.05, 0) is 48.5 Å². The van der Waals surface area contributed by atoms with E-state index < -0.39 is 15.3 Å². The van der Waals surface area contributed by atoms with E-state index in [1.165, 1.54) is 12.4 Å². The average Bonchev–Trinajstić information content (AvgIpc) is 3.26. The van der Waals surface area contributed by atoms with Crippen molar-refractivity contribution in [3.63, 3.8) is 0 Å². The lowest BCUT2D eigenvalue weighted by atomic mass is 10.0. The molecule has 5 aromatic rings. The molecule has 0 atom stereocenters. The molecule has 10 heteroatoms. The lowest BCUT2D eigenvalue weighted by Gasteiger charge is -2.26. The molecule has 0 radical (unpaired) electrons. The molecular weight excluding hydrogens is 590 g/mol. The summed E-state index contributed by atoms with van der Waals surface area (Å²) in [5, 5.41) is 6.85. The van der Waals surface area contributed by atoms with Crippen molar-refractivity contribution in [3.8, 4) is 45.3 Å². The van der Waals surface area contributed by atoms with Crippen LogP contribution in [0.1, 0.15) is 0 Å². The molecular formula is C34H28N4O4P2. The van der Waals surface area contributed by atoms with Crippen LogP contribution in [0.3, 0.4) is 0 Å². The van der Waals surface area contributed by atoms with Gasteiger partial charge in [-0.3, -0.25) is 10.2 Å². The Morgan fingerprint density at radius 1 is 0.432 bits per heavy atom. The van der Waals surface area contributed by atoms with Crippen LogP contribution >= 0.6 is 15.3 Å². The topological polar surface area (TPSA) is 85.7 Å². The second kappa shape index (κ2) is 11.5. The average molecular weight is 619 g/mol. The first-order valence-corrected chi connectivity index (χ1v) is 17.0. The Balaban J connectivity index is 1.21. The van der Waals surface area contributed by atoms with Crippen molar-refractivity contribution in [1.29, 1.82) is 0 Å². The molecule has 0 aliphatic carbocycles. The highest BCUT2D eigenvalue weighted by Crippen LogP contribution is 2.59. The first kappa shape index (κ1) is 27.7. The highest BCUT2D eigenvalue weighted by Gasteiger charge is 2.33. The largest absolute Gasteiger partial charge is 0.427 e. The number of para-hydroxylation sites is 4. The van der Waals surface area contributed by atoms with E-state index in [1.807, 2.05) is 121 Å². The van der Waals surface area contributed by atoms with Gasteiger partial charge in [0.25, 0.3) is 0 Å². The molecule has 44 heavy (non-hydrogen) atoms. The van der Waals surface area contributed by atoms with Gasteiger partial charge in [-0.25, -0.2) is 0 Å². The molecule has 0 fully saturated rings. The van der Waals surface area contributed by atoms with Crippen molar-refractivity contribution in [2.75, 3.05) is 10.2 Å². The fraction of sp³-hybridized carbons (Fsp3) is 0. The van der Waals surface area contributed by atoms with Crippen LogP contribution in [0, 0.1) is 0 Å². The van der Waals surface area contributed by atoms with Crippen molar-refractivity contribution >= 4 is 26.7 Å². The van der Waals surface area contributed by atoms with Gasteiger partial charge in [0, 0.05) is 46.0 Å². The van der Waals surface area contributed by atoms with Gasteiger partial charge >= 0.3 is 15.3 Å². The minimum Gasteiger partial charge on any atom is -0.414 e. The van der Waals surface area contributed by atoms with E-state index in [1.54, 1.807) is 0 Å². The van der Waals surface area contributed by atoms with Gasteiger partial charge in [0.15, 0.2) is 0 Å². The fourth-order valence-corrected chi connectivity index (χ4v) is 8.69. The first-order valence-electron chi connectivity index (χ1n) is 13.9. The van der Waals surface area contributed by atoms with E-state index in [0.717, 1.165) is 33.6 Å². The Morgan fingerprint density at radius 3 is 0.977 bits per heavy atom. The maximum absolute atomic E-state index is 6.52. The van der Waals surface area contributed by atoms with Crippen molar-refractivity contribution in [1.82, 2.24) is 0 Å². The highest BCUT2D eigenvalue weighted by molar-refractivity contribution is 7.59. The number of anilines is 2. The van der Waals surface area contributed by atoms with Crippen LogP contribution in [0.2, 0.25) is 0 Å². The summed E-state index contributed by atoms with van der Waals surface area (Å²) in [7, 11) is -6.22. The van der Waals surface area contributed by atoms with E-state index in [2.05, 4.69) is 32.8 Å². The molecule has 7 rings (SSSR count). The Hall–Kier alpha value is -5.16. The van der Waals surface area contributed by atoms with Crippen molar-refractivity contribution in [2.24, 2.45) is 9.49 Å². The van der Waals surface area contributed by atoms with Crippen LogP contribution in [0.5, 0.6) is 23.0 Å². The number of hydrogen-bond acceptors (Lipinski definition) is 6. The number of nitrogens with zero attached hydrogens (tertiary/aromatic N) is 2. The van der Waals surface area contributed by atoms with Gasteiger partial charge < -0.3 is 18.1 Å². The minimum atomic E-state index is -3.11. The number of fused-ring (bicyclic) bond motifs is 6. The van der Waals surface area contributed by atoms with Crippen molar-refractivity contribution in [3.05, 3.63) is 147 Å². The van der Waals surface area contributed by atoms with E-state index in [0.29, 0.717) is 23.0 Å². The molecule has 0 bridgehead atoms. The molecule has 0 saturated heterocycles. The molecule has 8 nitrogen and oxygen atoms in total. The number of nitrogens with one attached hydrogen (secondary N) is 2. The lowest BCUT2D eigenvalue weighted by molar-refractivity contribution is 0.489. The van der Waals surface area contributed by atoms with Crippen LogP contribution in [0.15, 0.2) is 156 Å². The fourth-order valence-electron chi connectivity index (χ4n) is 5.05. The van der Waals surface area contributed by atoms with Gasteiger partial charge in [-0.15, -0.1) is 0 Å². The summed E-state index contributed by atoms with van der Waals surface area (Å²) >= 11 is 0. The Morgan fingerprint density at radius 2 is 0.705 bits per heavy atom. The Labute approximate surface area is 256 Å². The zero-order chi connectivity index (χ0) is 30.0. The molecule has 0 spiro atoms. The molecule has 0 unspecified atom stereocenters. The predicted molar refractivity (Wildman–Crippen MR) is 179 cm³/mol. The second-order valence-corrected chi connectivity index (χ2v) is 13.5. The lowest BCUT2D eigenvalue weighted by Crippen LogP contribution is -2.10. The summed E-state index contributed by atoms with van der Waals surface area (Å²) in [6.45, 7) is 7.67. The van der Waals surface area contributed by atoms with Gasteiger partial charge in [-0.2, -0.15) is 9.49 Å². The van der Waals surface area contributed by atoms with E-state index in [9.17, 15) is 0 Å². The molecule has 218 valence electrons. The SMILES string of the molecule is C=CN=P1(Nc2ccc(NP3(=NC=C)Oc4ccccc4-c4ccccc4O3)cc2)Oc2ccccc2-c2ccccc2O1. The molecule has 2 N–H and O–H groups in total. The Bertz CT molecular complexity index is 1760. The minimum absolute atomic E-state index is 0.670. The zero-order valence-corrected chi connectivity index (χ0v) is 25.3. The molecule has 2 aliphatic rings. The molecule has 2 heterocycles. The molecule has 0 saturated carbocycles. The standard InChI is InChI=1S/C34H28N4O4P2/c1-3-35-43(39-31-17-9-5-13-27(31)28-14-6-10-18-32(28)40-43)37-25-21-23-26(24-22-25)38-44(36-4-2)41-33-19-11-7-15-29(33)30-16-8-12-20-34(30)42-44/h3-24,37-38H,1-2H2. The molecule has 2 aliphatic heterocycles. The third-order valence-electron chi connectivity index (χ3n) is 6.91. The molecule has 5 aromatic carbocycles. The monoisotopic (exact) mass is 618 g/mol. The highest BCUT2D eigenvalue weighted by atomic mass is 31.2. The Kier molecular flexibility index (Phi) is 7.23. The normalized spacial score (nSPS) is 14.7. The summed E-state index contributed by atoms with van der Waals surface area (Å²) in [5.74, 6) is 2.68. The summed E-state index contributed by atoms with van der Waals surface area (Å²) in [6, 6.07) is 38.9. The van der Waals surface area contributed by atoms with Crippen LogP contribution in [0.4, 0.5) is 11.4 Å². The maximum Gasteiger partial charge on any atom is 0.427 e. The zero-order valence-electron chi connectivity index (χ0n) is 23.5. The van der Waals surface area contributed by atoms with Crippen molar-refractivity contribution < 1.29 is 18.1 Å². The second-order valence-electron chi connectivity index (χ2n) is 9.79. The van der Waals surface area contributed by atoms with Crippen molar-refractivity contribution in [2.45, 2.75) is 0 Å². The van der Waals surface area contributed by atoms with Crippen LogP contribution < -0.4 is 28.3 Å². The summed E-state index contributed by atoms with van der Waals surface area (Å²) in [5.41, 5.74) is 5.18. The number of hydrogen-bond donors (Lipinski definition) is 2. The molecule has 0 aromatic heterocycles. The van der Waals surface area contributed by atoms with E-state index in [4.69, 9.17) is 18.1 Å². The summed E-state index contributed by atoms with van der Waals surface area (Å²) in [4.78, 5) is 0.